The van der Waals surface area contributed by atoms with Crippen LogP contribution < -0.4 is 10.5 Å². The largest absolute Gasteiger partial charge is 0.474 e. The van der Waals surface area contributed by atoms with E-state index in [-0.39, 0.29) is 18.3 Å². The highest BCUT2D eigenvalue weighted by Gasteiger charge is 2.30. The number of hydrogen-bond donors (Lipinski definition) is 1. The highest BCUT2D eigenvalue weighted by atomic mass is 16.5. The van der Waals surface area contributed by atoms with E-state index in [1.165, 1.54) is 0 Å². The fraction of sp³-hybridized carbons (Fsp3) is 0.733. The topological polar surface area (TPSA) is 70.3 Å². The van der Waals surface area contributed by atoms with Crippen LogP contribution in [0.1, 0.15) is 56.8 Å². The molecule has 1 saturated heterocycles. The van der Waals surface area contributed by atoms with Gasteiger partial charge in [-0.05, 0) is 33.6 Å². The van der Waals surface area contributed by atoms with Crippen molar-refractivity contribution in [3.8, 4) is 5.88 Å². The molecule has 0 amide bonds. The Labute approximate surface area is 119 Å². The van der Waals surface area contributed by atoms with Gasteiger partial charge in [-0.25, -0.2) is 4.98 Å². The summed E-state index contributed by atoms with van der Waals surface area (Å²) < 4.78 is 11.9. The number of nitrogen functional groups attached to an aromatic ring is 1. The van der Waals surface area contributed by atoms with Crippen LogP contribution in [0, 0.1) is 6.92 Å². The summed E-state index contributed by atoms with van der Waals surface area (Å²) in [5.41, 5.74) is 6.84. The fourth-order valence-corrected chi connectivity index (χ4v) is 2.77. The van der Waals surface area contributed by atoms with Crippen molar-refractivity contribution in [1.29, 1.82) is 0 Å². The Morgan fingerprint density at radius 2 is 1.80 bits per heavy atom. The van der Waals surface area contributed by atoms with Crippen molar-refractivity contribution >= 4 is 5.82 Å². The third-order valence-corrected chi connectivity index (χ3v) is 4.03. The average Bonchev–Trinajstić information content (AvgIpc) is 3.17. The van der Waals surface area contributed by atoms with Crippen molar-refractivity contribution in [3.05, 3.63) is 11.4 Å². The molecule has 1 aliphatic carbocycles. The molecule has 2 aliphatic rings. The summed E-state index contributed by atoms with van der Waals surface area (Å²) in [7, 11) is 0. The molecular formula is C15H23N3O2. The Morgan fingerprint density at radius 1 is 1.15 bits per heavy atom. The van der Waals surface area contributed by atoms with E-state index in [0.717, 1.165) is 37.1 Å². The molecule has 5 nitrogen and oxygen atoms in total. The molecule has 1 aliphatic heterocycles. The maximum atomic E-state index is 6.12. The van der Waals surface area contributed by atoms with E-state index >= 15 is 0 Å². The summed E-state index contributed by atoms with van der Waals surface area (Å²) >= 11 is 0. The van der Waals surface area contributed by atoms with Gasteiger partial charge in [-0.15, -0.1) is 0 Å². The fourth-order valence-electron chi connectivity index (χ4n) is 2.77. The minimum atomic E-state index is 0.147. The molecule has 2 fully saturated rings. The van der Waals surface area contributed by atoms with Gasteiger partial charge in [0.05, 0.1) is 17.8 Å². The highest BCUT2D eigenvalue weighted by molar-refractivity contribution is 5.45. The van der Waals surface area contributed by atoms with Crippen LogP contribution >= 0.6 is 0 Å². The van der Waals surface area contributed by atoms with E-state index in [9.17, 15) is 0 Å². The van der Waals surface area contributed by atoms with Crippen LogP contribution in [0.5, 0.6) is 5.88 Å². The summed E-state index contributed by atoms with van der Waals surface area (Å²) in [6.07, 6.45) is 4.71. The second-order valence-corrected chi connectivity index (χ2v) is 6.14. The molecule has 1 aromatic heterocycles. The summed E-state index contributed by atoms with van der Waals surface area (Å²) in [6, 6.07) is 0. The van der Waals surface area contributed by atoms with E-state index in [4.69, 9.17) is 15.2 Å². The number of rotatable bonds is 3. The quantitative estimate of drug-likeness (QED) is 0.919. The molecule has 0 spiro atoms. The Hall–Kier alpha value is -1.36. The number of anilines is 1. The van der Waals surface area contributed by atoms with Crippen LogP contribution in [-0.2, 0) is 4.74 Å². The molecule has 0 aromatic carbocycles. The van der Waals surface area contributed by atoms with Crippen molar-refractivity contribution in [2.24, 2.45) is 0 Å². The monoisotopic (exact) mass is 277 g/mol. The molecule has 2 atom stereocenters. The molecule has 2 unspecified atom stereocenters. The van der Waals surface area contributed by atoms with Crippen LogP contribution in [0.25, 0.3) is 0 Å². The minimum Gasteiger partial charge on any atom is -0.474 e. The third-order valence-electron chi connectivity index (χ3n) is 4.03. The third kappa shape index (κ3) is 2.87. The molecule has 1 aromatic rings. The summed E-state index contributed by atoms with van der Waals surface area (Å²) in [4.78, 5) is 8.97. The van der Waals surface area contributed by atoms with E-state index in [2.05, 4.69) is 23.8 Å². The zero-order valence-electron chi connectivity index (χ0n) is 12.4. The lowest BCUT2D eigenvalue weighted by molar-refractivity contribution is -0.0731. The van der Waals surface area contributed by atoms with Crippen molar-refractivity contribution in [2.75, 3.05) is 5.73 Å². The first kappa shape index (κ1) is 13.6. The van der Waals surface area contributed by atoms with Gasteiger partial charge in [0.1, 0.15) is 17.7 Å². The number of nitrogens with two attached hydrogens (primary N) is 1. The highest BCUT2D eigenvalue weighted by Crippen LogP contribution is 2.39. The molecule has 20 heavy (non-hydrogen) atoms. The number of hydrogen-bond acceptors (Lipinski definition) is 5. The number of ether oxygens (including phenoxy) is 2. The second kappa shape index (κ2) is 5.20. The van der Waals surface area contributed by atoms with Crippen LogP contribution in [0.4, 0.5) is 5.82 Å². The SMILES string of the molecule is Cc1c(N)nc(C2CC2)nc1OC1CC(C)OC(C)C1. The summed E-state index contributed by atoms with van der Waals surface area (Å²) in [5.74, 6) is 2.53. The van der Waals surface area contributed by atoms with Gasteiger partial charge in [0.2, 0.25) is 5.88 Å². The van der Waals surface area contributed by atoms with Gasteiger partial charge in [0.15, 0.2) is 0 Å². The first-order valence-electron chi connectivity index (χ1n) is 7.49. The van der Waals surface area contributed by atoms with E-state index < -0.39 is 0 Å². The van der Waals surface area contributed by atoms with Crippen molar-refractivity contribution in [2.45, 2.75) is 70.7 Å². The smallest absolute Gasteiger partial charge is 0.222 e. The maximum absolute atomic E-state index is 6.12. The molecule has 0 radical (unpaired) electrons. The normalized spacial score (nSPS) is 30.2. The van der Waals surface area contributed by atoms with Crippen LogP contribution in [-0.4, -0.2) is 28.3 Å². The first-order valence-corrected chi connectivity index (χ1v) is 7.49. The van der Waals surface area contributed by atoms with Crippen molar-refractivity contribution in [3.63, 3.8) is 0 Å². The average molecular weight is 277 g/mol. The molecular weight excluding hydrogens is 254 g/mol. The molecule has 3 rings (SSSR count). The van der Waals surface area contributed by atoms with Gasteiger partial charge in [-0.2, -0.15) is 4.98 Å². The zero-order chi connectivity index (χ0) is 14.3. The number of nitrogens with zero attached hydrogens (tertiary/aromatic N) is 2. The standard InChI is InChI=1S/C15H23N3O2/c1-8-6-12(7-9(2)19-8)20-15-10(3)13(16)17-14(18-15)11-4-5-11/h8-9,11-12H,4-7H2,1-3H3,(H2,16,17,18). The van der Waals surface area contributed by atoms with Crippen molar-refractivity contribution in [1.82, 2.24) is 9.97 Å². The first-order chi connectivity index (χ1) is 9.52. The molecule has 2 heterocycles. The Bertz CT molecular complexity index is 492. The maximum Gasteiger partial charge on any atom is 0.222 e. The molecule has 1 saturated carbocycles. The lowest BCUT2D eigenvalue weighted by Crippen LogP contribution is -2.36. The Kier molecular flexibility index (Phi) is 3.54. The number of aromatic nitrogens is 2. The van der Waals surface area contributed by atoms with Gasteiger partial charge >= 0.3 is 0 Å². The van der Waals surface area contributed by atoms with E-state index in [1.807, 2.05) is 6.92 Å². The summed E-state index contributed by atoms with van der Waals surface area (Å²) in [5, 5.41) is 0. The van der Waals surface area contributed by atoms with Crippen LogP contribution in [0.2, 0.25) is 0 Å². The molecule has 2 N–H and O–H groups in total. The second-order valence-electron chi connectivity index (χ2n) is 6.14. The predicted octanol–water partition coefficient (Wildman–Crippen LogP) is 2.58. The van der Waals surface area contributed by atoms with Crippen LogP contribution in [0.15, 0.2) is 0 Å². The molecule has 110 valence electrons. The van der Waals surface area contributed by atoms with E-state index in [0.29, 0.717) is 17.6 Å². The Morgan fingerprint density at radius 3 is 2.40 bits per heavy atom. The van der Waals surface area contributed by atoms with Crippen LogP contribution in [0.3, 0.4) is 0 Å². The van der Waals surface area contributed by atoms with Gasteiger partial charge < -0.3 is 15.2 Å². The van der Waals surface area contributed by atoms with E-state index in [1.54, 1.807) is 0 Å². The lowest BCUT2D eigenvalue weighted by Gasteiger charge is -2.32. The molecule has 5 heteroatoms. The van der Waals surface area contributed by atoms with Gasteiger partial charge in [0, 0.05) is 18.8 Å². The Balaban J connectivity index is 1.79. The minimum absolute atomic E-state index is 0.147. The predicted molar refractivity (Wildman–Crippen MR) is 76.8 cm³/mol. The van der Waals surface area contributed by atoms with Gasteiger partial charge in [-0.1, -0.05) is 0 Å². The summed E-state index contributed by atoms with van der Waals surface area (Å²) in [6.45, 7) is 6.10. The van der Waals surface area contributed by atoms with Gasteiger partial charge in [-0.3, -0.25) is 0 Å². The lowest BCUT2D eigenvalue weighted by atomic mass is 10.0. The van der Waals surface area contributed by atoms with Gasteiger partial charge in [0.25, 0.3) is 0 Å². The molecule has 0 bridgehead atoms. The zero-order valence-corrected chi connectivity index (χ0v) is 12.4. The van der Waals surface area contributed by atoms with Crippen molar-refractivity contribution < 1.29 is 9.47 Å².